The van der Waals surface area contributed by atoms with Crippen LogP contribution in [0.25, 0.3) is 0 Å². The minimum atomic E-state index is -0.774. The van der Waals surface area contributed by atoms with Gasteiger partial charge < -0.3 is 5.11 Å². The second-order valence-electron chi connectivity index (χ2n) is 4.20. The summed E-state index contributed by atoms with van der Waals surface area (Å²) >= 11 is 6.66. The second kappa shape index (κ2) is 6.46. The lowest BCUT2D eigenvalue weighted by Crippen LogP contribution is -2.07. The molecule has 19 heavy (non-hydrogen) atoms. The van der Waals surface area contributed by atoms with Gasteiger partial charge in [0.15, 0.2) is 5.78 Å². The van der Waals surface area contributed by atoms with Crippen molar-refractivity contribution in [3.05, 3.63) is 68.6 Å². The van der Waals surface area contributed by atoms with Gasteiger partial charge in [-0.15, -0.1) is 0 Å². The third kappa shape index (κ3) is 4.00. The van der Waals surface area contributed by atoms with E-state index in [1.807, 2.05) is 36.4 Å². The Morgan fingerprint density at radius 3 is 1.95 bits per heavy atom. The average Bonchev–Trinajstić information content (AvgIpc) is 2.40. The highest BCUT2D eigenvalue weighted by Gasteiger charge is 2.14. The van der Waals surface area contributed by atoms with Crippen molar-refractivity contribution in [1.29, 1.82) is 0 Å². The van der Waals surface area contributed by atoms with Crippen molar-refractivity contribution in [2.24, 2.45) is 0 Å². The zero-order chi connectivity index (χ0) is 13.8. The SMILES string of the molecule is O=C(C[C@H](O)c1ccc(Br)cc1)c1ccc(Br)cc1. The van der Waals surface area contributed by atoms with Gasteiger partial charge in [-0.05, 0) is 29.8 Å². The molecule has 0 saturated carbocycles. The zero-order valence-corrected chi connectivity index (χ0v) is 13.2. The summed E-state index contributed by atoms with van der Waals surface area (Å²) in [6, 6.07) is 14.5. The first-order valence-corrected chi connectivity index (χ1v) is 7.37. The van der Waals surface area contributed by atoms with Crippen LogP contribution in [0.4, 0.5) is 0 Å². The maximum Gasteiger partial charge on any atom is 0.165 e. The molecule has 1 atom stereocenters. The van der Waals surface area contributed by atoms with Crippen LogP contribution in [-0.4, -0.2) is 10.9 Å². The molecule has 0 bridgehead atoms. The van der Waals surface area contributed by atoms with Gasteiger partial charge in [-0.2, -0.15) is 0 Å². The molecule has 4 heteroatoms. The Balaban J connectivity index is 2.06. The summed E-state index contributed by atoms with van der Waals surface area (Å²) in [5.74, 6) is -0.0667. The van der Waals surface area contributed by atoms with Gasteiger partial charge in [-0.3, -0.25) is 4.79 Å². The lowest BCUT2D eigenvalue weighted by atomic mass is 10.0. The normalized spacial score (nSPS) is 12.2. The minimum absolute atomic E-state index is 0.0667. The number of carbonyl (C=O) groups excluding carboxylic acids is 1. The van der Waals surface area contributed by atoms with E-state index >= 15 is 0 Å². The Bertz CT molecular complexity index is 562. The molecule has 0 heterocycles. The Morgan fingerprint density at radius 2 is 1.42 bits per heavy atom. The molecular formula is C15H12Br2O2. The molecule has 2 aromatic rings. The Kier molecular flexibility index (Phi) is 4.91. The summed E-state index contributed by atoms with van der Waals surface area (Å²) in [7, 11) is 0. The van der Waals surface area contributed by atoms with E-state index in [-0.39, 0.29) is 12.2 Å². The summed E-state index contributed by atoms with van der Waals surface area (Å²) < 4.78 is 1.88. The van der Waals surface area contributed by atoms with Crippen molar-refractivity contribution in [3.8, 4) is 0 Å². The molecule has 2 nitrogen and oxygen atoms in total. The quantitative estimate of drug-likeness (QED) is 0.788. The highest BCUT2D eigenvalue weighted by molar-refractivity contribution is 9.10. The molecule has 0 aliphatic rings. The van der Waals surface area contributed by atoms with Crippen LogP contribution in [0.5, 0.6) is 0 Å². The van der Waals surface area contributed by atoms with Crippen molar-refractivity contribution < 1.29 is 9.90 Å². The first-order valence-electron chi connectivity index (χ1n) is 5.78. The van der Waals surface area contributed by atoms with E-state index in [0.29, 0.717) is 5.56 Å². The molecule has 0 aliphatic carbocycles. The molecular weight excluding hydrogens is 372 g/mol. The molecule has 0 saturated heterocycles. The molecule has 98 valence electrons. The highest BCUT2D eigenvalue weighted by atomic mass is 79.9. The maximum atomic E-state index is 12.0. The zero-order valence-electron chi connectivity index (χ0n) is 10.0. The molecule has 0 aromatic heterocycles. The molecule has 1 N–H and O–H groups in total. The van der Waals surface area contributed by atoms with Gasteiger partial charge in [0.2, 0.25) is 0 Å². The number of halogens is 2. The van der Waals surface area contributed by atoms with Gasteiger partial charge in [0, 0.05) is 20.9 Å². The third-order valence-corrected chi connectivity index (χ3v) is 3.86. The van der Waals surface area contributed by atoms with Crippen molar-refractivity contribution in [2.75, 3.05) is 0 Å². The van der Waals surface area contributed by atoms with Crippen molar-refractivity contribution in [1.82, 2.24) is 0 Å². The van der Waals surface area contributed by atoms with E-state index < -0.39 is 6.10 Å². The van der Waals surface area contributed by atoms with Gasteiger partial charge in [0.25, 0.3) is 0 Å². The smallest absolute Gasteiger partial charge is 0.165 e. The number of aliphatic hydroxyl groups is 1. The molecule has 0 aliphatic heterocycles. The fourth-order valence-corrected chi connectivity index (χ4v) is 2.26. The Labute approximate surface area is 128 Å². The fraction of sp³-hybridized carbons (Fsp3) is 0.133. The average molecular weight is 384 g/mol. The van der Waals surface area contributed by atoms with Crippen molar-refractivity contribution in [3.63, 3.8) is 0 Å². The maximum absolute atomic E-state index is 12.0. The van der Waals surface area contributed by atoms with Gasteiger partial charge in [0.05, 0.1) is 6.10 Å². The number of benzene rings is 2. The van der Waals surface area contributed by atoms with Crippen LogP contribution in [0.15, 0.2) is 57.5 Å². The standard InChI is InChI=1S/C15H12Br2O2/c16-12-5-1-10(2-6-12)14(18)9-15(19)11-3-7-13(17)8-4-11/h1-8,14,18H,9H2/t14-/m0/s1. The van der Waals surface area contributed by atoms with E-state index in [1.54, 1.807) is 12.1 Å². The first-order chi connectivity index (χ1) is 9.06. The summed E-state index contributed by atoms with van der Waals surface area (Å²) in [6.45, 7) is 0. The van der Waals surface area contributed by atoms with Crippen LogP contribution in [0, 0.1) is 0 Å². The van der Waals surface area contributed by atoms with Crippen LogP contribution in [0.2, 0.25) is 0 Å². The van der Waals surface area contributed by atoms with E-state index in [1.165, 1.54) is 0 Å². The molecule has 0 fully saturated rings. The van der Waals surface area contributed by atoms with Gasteiger partial charge in [0.1, 0.15) is 0 Å². The number of rotatable bonds is 4. The molecule has 2 rings (SSSR count). The predicted molar refractivity (Wildman–Crippen MR) is 82.2 cm³/mol. The monoisotopic (exact) mass is 382 g/mol. The van der Waals surface area contributed by atoms with Crippen molar-refractivity contribution >= 4 is 37.6 Å². The third-order valence-electron chi connectivity index (χ3n) is 2.80. The van der Waals surface area contributed by atoms with Crippen LogP contribution in [0.3, 0.4) is 0 Å². The molecule has 0 spiro atoms. The molecule has 2 aromatic carbocycles. The summed E-state index contributed by atoms with van der Waals surface area (Å²) in [6.07, 6.45) is -0.687. The summed E-state index contributed by atoms with van der Waals surface area (Å²) in [5.41, 5.74) is 1.35. The van der Waals surface area contributed by atoms with Gasteiger partial charge >= 0.3 is 0 Å². The lowest BCUT2D eigenvalue weighted by Gasteiger charge is -2.10. The van der Waals surface area contributed by atoms with Crippen LogP contribution < -0.4 is 0 Å². The van der Waals surface area contributed by atoms with Crippen molar-refractivity contribution in [2.45, 2.75) is 12.5 Å². The van der Waals surface area contributed by atoms with E-state index in [0.717, 1.165) is 14.5 Å². The highest BCUT2D eigenvalue weighted by Crippen LogP contribution is 2.21. The van der Waals surface area contributed by atoms with Gasteiger partial charge in [-0.1, -0.05) is 56.1 Å². The second-order valence-corrected chi connectivity index (χ2v) is 6.03. The predicted octanol–water partition coefficient (Wildman–Crippen LogP) is 4.52. The summed E-state index contributed by atoms with van der Waals surface area (Å²) in [5, 5.41) is 10.1. The Hall–Kier alpha value is -0.970. The lowest BCUT2D eigenvalue weighted by molar-refractivity contribution is 0.0880. The number of hydrogen-bond acceptors (Lipinski definition) is 2. The number of aliphatic hydroxyl groups excluding tert-OH is 1. The van der Waals surface area contributed by atoms with E-state index in [2.05, 4.69) is 31.9 Å². The topological polar surface area (TPSA) is 37.3 Å². The largest absolute Gasteiger partial charge is 0.388 e. The number of carbonyl (C=O) groups is 1. The number of hydrogen-bond donors (Lipinski definition) is 1. The molecule has 0 radical (unpaired) electrons. The first kappa shape index (κ1) is 14.4. The van der Waals surface area contributed by atoms with E-state index in [4.69, 9.17) is 0 Å². The van der Waals surface area contributed by atoms with Gasteiger partial charge in [-0.25, -0.2) is 0 Å². The molecule has 0 amide bonds. The van der Waals surface area contributed by atoms with Crippen LogP contribution >= 0.6 is 31.9 Å². The number of ketones is 1. The summed E-state index contributed by atoms with van der Waals surface area (Å²) in [4.78, 5) is 12.0. The number of Topliss-reactive ketones (excluding diaryl/α,β-unsaturated/α-hetero) is 1. The Morgan fingerprint density at radius 1 is 0.947 bits per heavy atom. The van der Waals surface area contributed by atoms with Crippen LogP contribution in [0.1, 0.15) is 28.4 Å². The fourth-order valence-electron chi connectivity index (χ4n) is 1.73. The van der Waals surface area contributed by atoms with E-state index in [9.17, 15) is 9.90 Å². The minimum Gasteiger partial charge on any atom is -0.388 e. The van der Waals surface area contributed by atoms with Crippen LogP contribution in [-0.2, 0) is 0 Å². The molecule has 0 unspecified atom stereocenters.